The summed E-state index contributed by atoms with van der Waals surface area (Å²) in [4.78, 5) is 0. The molecule has 0 saturated carbocycles. The van der Waals surface area contributed by atoms with Gasteiger partial charge in [0.05, 0.1) is 5.60 Å². The first-order chi connectivity index (χ1) is 12.8. The van der Waals surface area contributed by atoms with E-state index in [4.69, 9.17) is 13.6 Å². The van der Waals surface area contributed by atoms with Crippen LogP contribution in [-0.4, -0.2) is 5.60 Å². The third-order valence-electron chi connectivity index (χ3n) is 4.08. The van der Waals surface area contributed by atoms with E-state index in [-0.39, 0.29) is 16.4 Å². The van der Waals surface area contributed by atoms with E-state index in [1.165, 1.54) is 0 Å². The summed E-state index contributed by atoms with van der Waals surface area (Å²) >= 11 is 0. The van der Waals surface area contributed by atoms with Crippen molar-refractivity contribution in [3.05, 3.63) is 59.7 Å². The molecule has 0 saturated heterocycles. The Morgan fingerprint density at radius 3 is 1.25 bits per heavy atom. The fourth-order valence-corrected chi connectivity index (χ4v) is 3.97. The van der Waals surface area contributed by atoms with Gasteiger partial charge in [-0.3, -0.25) is 4.52 Å². The molecular formula is C24H35O3P. The van der Waals surface area contributed by atoms with E-state index in [0.717, 1.165) is 22.6 Å². The maximum atomic E-state index is 6.34. The van der Waals surface area contributed by atoms with Gasteiger partial charge >= 0.3 is 8.60 Å². The van der Waals surface area contributed by atoms with Gasteiger partial charge in [-0.2, -0.15) is 0 Å². The van der Waals surface area contributed by atoms with Crippen LogP contribution in [0.1, 0.15) is 73.4 Å². The van der Waals surface area contributed by atoms with Crippen molar-refractivity contribution in [3.63, 3.8) is 0 Å². The summed E-state index contributed by atoms with van der Waals surface area (Å²) in [6.45, 7) is 19.1. The molecule has 0 aliphatic carbocycles. The van der Waals surface area contributed by atoms with Crippen LogP contribution in [0.2, 0.25) is 0 Å². The van der Waals surface area contributed by atoms with Gasteiger partial charge in [0.2, 0.25) is 0 Å². The first-order valence-corrected chi connectivity index (χ1v) is 10.9. The zero-order valence-corrected chi connectivity index (χ0v) is 19.7. The van der Waals surface area contributed by atoms with Crippen molar-refractivity contribution in [1.29, 1.82) is 0 Å². The van der Waals surface area contributed by atoms with E-state index in [1.54, 1.807) is 0 Å². The summed E-state index contributed by atoms with van der Waals surface area (Å²) in [5.41, 5.74) is 1.80. The van der Waals surface area contributed by atoms with Gasteiger partial charge in [0.15, 0.2) is 0 Å². The lowest BCUT2D eigenvalue weighted by atomic mass is 9.86. The maximum Gasteiger partial charge on any atom is 0.463 e. The Balaban J connectivity index is 2.39. The summed E-state index contributed by atoms with van der Waals surface area (Å²) in [7, 11) is -1.63. The Bertz CT molecular complexity index is 720. The lowest BCUT2D eigenvalue weighted by Gasteiger charge is -2.30. The highest BCUT2D eigenvalue weighted by Gasteiger charge is 2.30. The predicted octanol–water partition coefficient (Wildman–Crippen LogP) is 7.78. The number of hydrogen-bond donors (Lipinski definition) is 0. The molecule has 0 atom stereocenters. The summed E-state index contributed by atoms with van der Waals surface area (Å²) in [6, 6.07) is 16.2. The number of rotatable bonds is 5. The van der Waals surface area contributed by atoms with Crippen LogP contribution >= 0.6 is 8.60 Å². The van der Waals surface area contributed by atoms with Crippen molar-refractivity contribution in [3.8, 4) is 11.5 Å². The van der Waals surface area contributed by atoms with E-state index in [1.807, 2.05) is 57.2 Å². The molecule has 2 aromatic rings. The van der Waals surface area contributed by atoms with Crippen molar-refractivity contribution in [2.45, 2.75) is 78.7 Å². The SMILES string of the molecule is CC(C)(C)OP(Oc1ccccc1C(C)(C)C)Oc1ccccc1C(C)(C)C. The molecule has 0 heterocycles. The molecule has 0 N–H and O–H groups in total. The van der Waals surface area contributed by atoms with Gasteiger partial charge in [0, 0.05) is 11.1 Å². The third-order valence-corrected chi connectivity index (χ3v) is 5.47. The number of hydrogen-bond acceptors (Lipinski definition) is 3. The van der Waals surface area contributed by atoms with E-state index in [2.05, 4.69) is 53.7 Å². The molecule has 0 spiro atoms. The highest BCUT2D eigenvalue weighted by molar-refractivity contribution is 7.42. The Morgan fingerprint density at radius 2 is 0.929 bits per heavy atom. The summed E-state index contributed by atoms with van der Waals surface area (Å²) < 4.78 is 18.9. The van der Waals surface area contributed by atoms with E-state index in [9.17, 15) is 0 Å². The molecule has 0 aliphatic heterocycles. The largest absolute Gasteiger partial charge is 0.463 e. The minimum absolute atomic E-state index is 0.0390. The van der Waals surface area contributed by atoms with Crippen LogP contribution in [0.15, 0.2) is 48.5 Å². The van der Waals surface area contributed by atoms with E-state index < -0.39 is 8.60 Å². The predicted molar refractivity (Wildman–Crippen MR) is 119 cm³/mol. The highest BCUT2D eigenvalue weighted by atomic mass is 31.2. The molecule has 28 heavy (non-hydrogen) atoms. The van der Waals surface area contributed by atoms with Gasteiger partial charge in [-0.25, -0.2) is 0 Å². The molecule has 154 valence electrons. The fourth-order valence-electron chi connectivity index (χ4n) is 2.77. The number of para-hydroxylation sites is 2. The molecule has 0 aromatic heterocycles. The molecule has 0 unspecified atom stereocenters. The monoisotopic (exact) mass is 402 g/mol. The van der Waals surface area contributed by atoms with Crippen LogP contribution in [0.25, 0.3) is 0 Å². The second kappa shape index (κ2) is 8.43. The van der Waals surface area contributed by atoms with Gasteiger partial charge < -0.3 is 9.05 Å². The summed E-state index contributed by atoms with van der Waals surface area (Å²) in [6.07, 6.45) is 0. The van der Waals surface area contributed by atoms with Crippen LogP contribution < -0.4 is 9.05 Å². The highest BCUT2D eigenvalue weighted by Crippen LogP contribution is 2.48. The van der Waals surface area contributed by atoms with Gasteiger partial charge in [-0.1, -0.05) is 77.9 Å². The average molecular weight is 403 g/mol. The first kappa shape index (κ1) is 22.7. The fraction of sp³-hybridized carbons (Fsp3) is 0.500. The molecule has 4 heteroatoms. The molecule has 2 rings (SSSR count). The third kappa shape index (κ3) is 6.50. The Kier molecular flexibility index (Phi) is 6.84. The van der Waals surface area contributed by atoms with E-state index >= 15 is 0 Å². The molecule has 0 amide bonds. The van der Waals surface area contributed by atoms with Crippen molar-refractivity contribution >= 4 is 8.60 Å². The molecule has 3 nitrogen and oxygen atoms in total. The van der Waals surface area contributed by atoms with Crippen molar-refractivity contribution in [2.75, 3.05) is 0 Å². The Hall–Kier alpha value is -1.57. The second-order valence-corrected chi connectivity index (χ2v) is 11.1. The lowest BCUT2D eigenvalue weighted by Crippen LogP contribution is -2.20. The Labute approximate surface area is 172 Å². The number of benzene rings is 2. The summed E-state index contributed by atoms with van der Waals surface area (Å²) in [5.74, 6) is 1.61. The van der Waals surface area contributed by atoms with Crippen molar-refractivity contribution in [1.82, 2.24) is 0 Å². The smallest absolute Gasteiger partial charge is 0.417 e. The van der Waals surface area contributed by atoms with Gasteiger partial charge in [-0.05, 0) is 43.7 Å². The minimum atomic E-state index is -1.63. The van der Waals surface area contributed by atoms with Crippen molar-refractivity contribution in [2.24, 2.45) is 0 Å². The maximum absolute atomic E-state index is 6.34. The van der Waals surface area contributed by atoms with Crippen LogP contribution in [0, 0.1) is 0 Å². The normalized spacial score (nSPS) is 12.9. The Morgan fingerprint density at radius 1 is 0.571 bits per heavy atom. The molecule has 0 aliphatic rings. The van der Waals surface area contributed by atoms with Crippen LogP contribution in [0.3, 0.4) is 0 Å². The average Bonchev–Trinajstić information content (AvgIpc) is 2.52. The first-order valence-electron chi connectivity index (χ1n) is 9.81. The quantitative estimate of drug-likeness (QED) is 0.478. The zero-order chi connectivity index (χ0) is 21.2. The van der Waals surface area contributed by atoms with Crippen molar-refractivity contribution < 1.29 is 13.6 Å². The van der Waals surface area contributed by atoms with Crippen LogP contribution in [0.4, 0.5) is 0 Å². The van der Waals surface area contributed by atoms with Crippen LogP contribution in [0.5, 0.6) is 11.5 Å². The van der Waals surface area contributed by atoms with Gasteiger partial charge in [-0.15, -0.1) is 0 Å². The minimum Gasteiger partial charge on any atom is -0.417 e. The standard InChI is InChI=1S/C24H35O3P/c1-22(2,3)18-14-10-12-16-20(18)25-28(27-24(7,8)9)26-21-17-13-11-15-19(21)23(4,5)6/h10-17H,1-9H3. The molecule has 0 radical (unpaired) electrons. The molecular weight excluding hydrogens is 367 g/mol. The van der Waals surface area contributed by atoms with Gasteiger partial charge in [0.25, 0.3) is 0 Å². The lowest BCUT2D eigenvalue weighted by molar-refractivity contribution is 0.114. The zero-order valence-electron chi connectivity index (χ0n) is 18.8. The topological polar surface area (TPSA) is 27.7 Å². The van der Waals surface area contributed by atoms with E-state index in [0.29, 0.717) is 0 Å². The molecule has 0 bridgehead atoms. The second-order valence-electron chi connectivity index (χ2n) is 10.1. The van der Waals surface area contributed by atoms with Gasteiger partial charge in [0.1, 0.15) is 11.5 Å². The molecule has 2 aromatic carbocycles. The molecule has 0 fully saturated rings. The van der Waals surface area contributed by atoms with Crippen LogP contribution in [-0.2, 0) is 15.4 Å². The summed E-state index contributed by atoms with van der Waals surface area (Å²) in [5, 5.41) is 0.